The van der Waals surface area contributed by atoms with Crippen LogP contribution in [-0.4, -0.2) is 0 Å². The van der Waals surface area contributed by atoms with Crippen molar-refractivity contribution in [1.82, 2.24) is 0 Å². The van der Waals surface area contributed by atoms with Gasteiger partial charge in [0.2, 0.25) is 5.43 Å². The van der Waals surface area contributed by atoms with Crippen LogP contribution >= 0.6 is 0 Å². The van der Waals surface area contributed by atoms with E-state index in [1.54, 1.807) is 0 Å². The highest BCUT2D eigenvalue weighted by Crippen LogP contribution is 2.42. The zero-order valence-corrected chi connectivity index (χ0v) is 19.9. The van der Waals surface area contributed by atoms with Gasteiger partial charge in [0.1, 0.15) is 11.3 Å². The van der Waals surface area contributed by atoms with E-state index in [0.29, 0.717) is 16.9 Å². The minimum absolute atomic E-state index is 0.405. The number of halogens is 1. The van der Waals surface area contributed by atoms with Gasteiger partial charge in [-0.3, -0.25) is 4.79 Å². The summed E-state index contributed by atoms with van der Waals surface area (Å²) in [6.45, 7) is 16.4. The zero-order chi connectivity index (χ0) is 23.3. The molecule has 0 atom stereocenters. The predicted octanol–water partition coefficient (Wildman–Crippen LogP) is 8.38. The van der Waals surface area contributed by atoms with Crippen LogP contribution in [0.1, 0.15) is 56.4 Å². The molecule has 1 heterocycles. The summed E-state index contributed by atoms with van der Waals surface area (Å²) in [5.41, 5.74) is 7.09. The summed E-state index contributed by atoms with van der Waals surface area (Å²) >= 11 is 0. The molecule has 2 aromatic rings. The third kappa shape index (κ3) is 5.04. The van der Waals surface area contributed by atoms with Gasteiger partial charge in [-0.25, -0.2) is 4.39 Å². The molecule has 0 fully saturated rings. The standard InChI is InChI=1S/C23H19FO2.C3H8.C2H6/c1-12-5-6-16(15(4)7-12)23-17-8-13(2)14(3)9-21(17)26-22-11-20(25)19(24)10-18(22)23;1-3-2;1-2/h5-11H,1-4H3;3H2,1-2H3;1-2H3. The lowest BCUT2D eigenvalue weighted by molar-refractivity contribution is 0.597. The van der Waals surface area contributed by atoms with E-state index in [1.165, 1.54) is 24.1 Å². The number of hydrogen-bond acceptors (Lipinski definition) is 2. The summed E-state index contributed by atoms with van der Waals surface area (Å²) in [7, 11) is 0. The van der Waals surface area contributed by atoms with Crippen molar-refractivity contribution in [2.45, 2.75) is 61.8 Å². The molecule has 0 unspecified atom stereocenters. The van der Waals surface area contributed by atoms with Crippen molar-refractivity contribution >= 4 is 11.0 Å². The Kier molecular flexibility index (Phi) is 8.15. The molecule has 0 aromatic heterocycles. The van der Waals surface area contributed by atoms with Crippen LogP contribution in [0.15, 0.2) is 51.7 Å². The van der Waals surface area contributed by atoms with Gasteiger partial charge >= 0.3 is 0 Å². The monoisotopic (exact) mass is 420 g/mol. The average Bonchev–Trinajstić information content (AvgIpc) is 2.72. The summed E-state index contributed by atoms with van der Waals surface area (Å²) < 4.78 is 20.1. The highest BCUT2D eigenvalue weighted by Gasteiger charge is 2.21. The second-order valence-electron chi connectivity index (χ2n) is 7.71. The van der Waals surface area contributed by atoms with Crippen LogP contribution in [0.2, 0.25) is 0 Å². The van der Waals surface area contributed by atoms with Crippen molar-refractivity contribution < 1.29 is 8.81 Å². The molecule has 1 aliphatic carbocycles. The third-order valence-corrected chi connectivity index (χ3v) is 5.04. The first kappa shape index (κ1) is 24.3. The van der Waals surface area contributed by atoms with Gasteiger partial charge in [0, 0.05) is 22.6 Å². The first-order valence-electron chi connectivity index (χ1n) is 11.0. The molecule has 2 aliphatic rings. The van der Waals surface area contributed by atoms with E-state index in [4.69, 9.17) is 4.42 Å². The molecule has 31 heavy (non-hydrogen) atoms. The summed E-state index contributed by atoms with van der Waals surface area (Å²) in [5.74, 6) is -0.357. The van der Waals surface area contributed by atoms with Crippen LogP contribution < -0.4 is 5.43 Å². The first-order valence-corrected chi connectivity index (χ1v) is 11.0. The Morgan fingerprint density at radius 2 is 1.42 bits per heavy atom. The van der Waals surface area contributed by atoms with Crippen LogP contribution in [0.5, 0.6) is 0 Å². The Hall–Kier alpha value is -2.94. The summed E-state index contributed by atoms with van der Waals surface area (Å²) in [4.78, 5) is 11.8. The Morgan fingerprint density at radius 3 is 2.03 bits per heavy atom. The summed E-state index contributed by atoms with van der Waals surface area (Å²) in [5, 5.41) is 0.922. The summed E-state index contributed by atoms with van der Waals surface area (Å²) in [6, 6.07) is 12.8. The normalized spacial score (nSPS) is 10.4. The highest BCUT2D eigenvalue weighted by atomic mass is 19.1. The molecule has 0 radical (unpaired) electrons. The van der Waals surface area contributed by atoms with E-state index in [1.807, 2.05) is 53.7 Å². The highest BCUT2D eigenvalue weighted by molar-refractivity contribution is 6.02. The SMILES string of the molecule is CC.CCC.Cc1ccc(-c2c3cc(F)c(=O)cc-3oc3cc(C)c(C)cc23)c(C)c1. The molecular formula is C28H33FO2. The van der Waals surface area contributed by atoms with Gasteiger partial charge in [-0.05, 0) is 68.1 Å². The molecule has 0 saturated carbocycles. The number of aryl methyl sites for hydroxylation is 4. The molecule has 2 nitrogen and oxygen atoms in total. The average molecular weight is 421 g/mol. The van der Waals surface area contributed by atoms with Gasteiger partial charge in [-0.15, -0.1) is 0 Å². The van der Waals surface area contributed by atoms with Crippen LogP contribution in [0.3, 0.4) is 0 Å². The van der Waals surface area contributed by atoms with Crippen molar-refractivity contribution in [1.29, 1.82) is 0 Å². The quantitative estimate of drug-likeness (QED) is 0.289. The minimum atomic E-state index is -0.762. The van der Waals surface area contributed by atoms with Crippen molar-refractivity contribution in [3.63, 3.8) is 0 Å². The smallest absolute Gasteiger partial charge is 0.217 e. The van der Waals surface area contributed by atoms with Gasteiger partial charge in [-0.1, -0.05) is 57.9 Å². The van der Waals surface area contributed by atoms with Gasteiger partial charge in [-0.2, -0.15) is 0 Å². The molecular weight excluding hydrogens is 387 g/mol. The number of fused-ring (bicyclic) bond motifs is 2. The molecule has 0 saturated heterocycles. The van der Waals surface area contributed by atoms with E-state index < -0.39 is 11.2 Å². The van der Waals surface area contributed by atoms with E-state index in [2.05, 4.69) is 32.0 Å². The lowest BCUT2D eigenvalue weighted by atomic mass is 9.89. The van der Waals surface area contributed by atoms with Crippen molar-refractivity contribution in [2.24, 2.45) is 0 Å². The minimum Gasteiger partial charge on any atom is -0.456 e. The van der Waals surface area contributed by atoms with Crippen molar-refractivity contribution in [3.8, 4) is 22.5 Å². The molecule has 1 aliphatic heterocycles. The van der Waals surface area contributed by atoms with Crippen molar-refractivity contribution in [2.75, 3.05) is 0 Å². The fourth-order valence-electron chi connectivity index (χ4n) is 3.53. The first-order chi connectivity index (χ1) is 14.8. The third-order valence-electron chi connectivity index (χ3n) is 5.04. The van der Waals surface area contributed by atoms with Crippen molar-refractivity contribution in [3.05, 3.63) is 80.8 Å². The van der Waals surface area contributed by atoms with Gasteiger partial charge < -0.3 is 4.42 Å². The second kappa shape index (κ2) is 10.4. The van der Waals surface area contributed by atoms with Gasteiger partial charge in [0.25, 0.3) is 0 Å². The predicted molar refractivity (Wildman–Crippen MR) is 131 cm³/mol. The van der Waals surface area contributed by atoms with Gasteiger partial charge in [0.15, 0.2) is 5.82 Å². The molecule has 4 rings (SSSR count). The van der Waals surface area contributed by atoms with Crippen LogP contribution in [0.4, 0.5) is 4.39 Å². The van der Waals surface area contributed by atoms with E-state index in [-0.39, 0.29) is 0 Å². The van der Waals surface area contributed by atoms with Crippen LogP contribution in [-0.2, 0) is 0 Å². The molecule has 3 heteroatoms. The topological polar surface area (TPSA) is 30.2 Å². The molecule has 0 N–H and O–H groups in total. The maximum absolute atomic E-state index is 14.1. The second-order valence-corrected chi connectivity index (χ2v) is 7.71. The molecule has 0 amide bonds. The number of benzene rings is 3. The van der Waals surface area contributed by atoms with Crippen LogP contribution in [0, 0.1) is 33.5 Å². The number of rotatable bonds is 1. The molecule has 0 spiro atoms. The fraction of sp³-hybridized carbons (Fsp3) is 0.321. The van der Waals surface area contributed by atoms with E-state index in [9.17, 15) is 9.18 Å². The molecule has 2 aromatic carbocycles. The van der Waals surface area contributed by atoms with Gasteiger partial charge in [0.05, 0.1) is 0 Å². The van der Waals surface area contributed by atoms with E-state index in [0.717, 1.165) is 33.2 Å². The molecule has 164 valence electrons. The van der Waals surface area contributed by atoms with Crippen LogP contribution in [0.25, 0.3) is 33.4 Å². The Bertz CT molecular complexity index is 1220. The molecule has 0 bridgehead atoms. The maximum atomic E-state index is 14.1. The number of hydrogen-bond donors (Lipinski definition) is 0. The fourth-order valence-corrected chi connectivity index (χ4v) is 3.53. The summed E-state index contributed by atoms with van der Waals surface area (Å²) in [6.07, 6.45) is 1.25. The Morgan fingerprint density at radius 1 is 0.806 bits per heavy atom. The Labute approximate surface area is 185 Å². The lowest BCUT2D eigenvalue weighted by Gasteiger charge is -2.18. The maximum Gasteiger partial charge on any atom is 0.217 e. The Balaban J connectivity index is 0.000000630. The largest absolute Gasteiger partial charge is 0.456 e. The zero-order valence-electron chi connectivity index (χ0n) is 19.9. The lowest BCUT2D eigenvalue weighted by Crippen LogP contribution is -2.07. The van der Waals surface area contributed by atoms with E-state index >= 15 is 0 Å².